The van der Waals surface area contributed by atoms with Gasteiger partial charge in [0, 0.05) is 6.04 Å². The highest BCUT2D eigenvalue weighted by atomic mass is 32.2. The average molecular weight is 311 g/mol. The van der Waals surface area contributed by atoms with Crippen molar-refractivity contribution in [2.45, 2.75) is 52.5 Å². The van der Waals surface area contributed by atoms with Crippen molar-refractivity contribution in [3.8, 4) is 0 Å². The van der Waals surface area contributed by atoms with Crippen LogP contribution in [0.15, 0.2) is 24.3 Å². The van der Waals surface area contributed by atoms with E-state index in [-0.39, 0.29) is 11.8 Å². The summed E-state index contributed by atoms with van der Waals surface area (Å²) in [4.78, 5) is 0. The molecule has 1 rings (SSSR count). The molecule has 0 radical (unpaired) electrons. The molecule has 21 heavy (non-hydrogen) atoms. The molecule has 4 heteroatoms. The number of hydrogen-bond donors (Lipinski definition) is 1. The maximum atomic E-state index is 12.2. The third kappa shape index (κ3) is 6.62. The fourth-order valence-corrected chi connectivity index (χ4v) is 3.99. The van der Waals surface area contributed by atoms with Crippen LogP contribution in [-0.4, -0.2) is 26.5 Å². The van der Waals surface area contributed by atoms with Gasteiger partial charge in [-0.1, -0.05) is 51.5 Å². The van der Waals surface area contributed by atoms with Crippen molar-refractivity contribution in [1.29, 1.82) is 0 Å². The fourth-order valence-electron chi connectivity index (χ4n) is 2.28. The summed E-state index contributed by atoms with van der Waals surface area (Å²) in [6, 6.07) is 8.20. The molecule has 1 atom stereocenters. The first-order valence-electron chi connectivity index (χ1n) is 8.05. The Morgan fingerprint density at radius 1 is 1.05 bits per heavy atom. The maximum absolute atomic E-state index is 12.2. The summed E-state index contributed by atoms with van der Waals surface area (Å²) in [7, 11) is -3.00. The molecule has 0 spiro atoms. The minimum absolute atomic E-state index is 0.0993. The molecule has 0 aromatic heterocycles. The lowest BCUT2D eigenvalue weighted by atomic mass is 10.0. The van der Waals surface area contributed by atoms with Crippen molar-refractivity contribution in [2.75, 3.05) is 18.1 Å². The van der Waals surface area contributed by atoms with Crippen molar-refractivity contribution in [3.05, 3.63) is 35.4 Å². The van der Waals surface area contributed by atoms with Crippen LogP contribution in [0.3, 0.4) is 0 Å². The Morgan fingerprint density at radius 3 is 2.24 bits per heavy atom. The van der Waals surface area contributed by atoms with Crippen molar-refractivity contribution < 1.29 is 8.42 Å². The molecule has 0 saturated heterocycles. The van der Waals surface area contributed by atoms with Crippen LogP contribution in [0.4, 0.5) is 0 Å². The van der Waals surface area contributed by atoms with E-state index in [1.165, 1.54) is 5.56 Å². The quantitative estimate of drug-likeness (QED) is 0.719. The van der Waals surface area contributed by atoms with Gasteiger partial charge in [-0.15, -0.1) is 0 Å². The van der Waals surface area contributed by atoms with E-state index in [0.29, 0.717) is 5.75 Å². The summed E-state index contributed by atoms with van der Waals surface area (Å²) < 4.78 is 24.4. The topological polar surface area (TPSA) is 46.2 Å². The molecular weight excluding hydrogens is 282 g/mol. The number of aryl methyl sites for hydroxylation is 1. The lowest BCUT2D eigenvalue weighted by Gasteiger charge is -2.19. The van der Waals surface area contributed by atoms with E-state index in [2.05, 4.69) is 43.4 Å². The third-order valence-electron chi connectivity index (χ3n) is 3.66. The standard InChI is InChI=1S/C17H29NO2S/c1-4-7-13-21(19,20)14-17(18-12-5-2)16-10-8-15(6-3)9-11-16/h8-11,17-18H,4-7,12-14H2,1-3H3. The summed E-state index contributed by atoms with van der Waals surface area (Å²) in [6.45, 7) is 7.07. The van der Waals surface area contributed by atoms with E-state index in [9.17, 15) is 8.42 Å². The summed E-state index contributed by atoms with van der Waals surface area (Å²) >= 11 is 0. The van der Waals surface area contributed by atoms with Gasteiger partial charge in [0.25, 0.3) is 0 Å². The van der Waals surface area contributed by atoms with E-state index in [4.69, 9.17) is 0 Å². The molecule has 1 N–H and O–H groups in total. The predicted molar refractivity (Wildman–Crippen MR) is 90.4 cm³/mol. The predicted octanol–water partition coefficient (Wildman–Crippen LogP) is 3.50. The highest BCUT2D eigenvalue weighted by molar-refractivity contribution is 7.91. The fraction of sp³-hybridized carbons (Fsp3) is 0.647. The molecular formula is C17H29NO2S. The van der Waals surface area contributed by atoms with Crippen LogP contribution >= 0.6 is 0 Å². The Balaban J connectivity index is 2.83. The molecule has 120 valence electrons. The van der Waals surface area contributed by atoms with Gasteiger partial charge in [0.1, 0.15) is 0 Å². The molecule has 1 unspecified atom stereocenters. The largest absolute Gasteiger partial charge is 0.309 e. The Bertz CT molecular complexity index is 494. The number of sulfone groups is 1. The van der Waals surface area contributed by atoms with E-state index in [1.54, 1.807) is 0 Å². The van der Waals surface area contributed by atoms with Crippen LogP contribution < -0.4 is 5.32 Å². The summed E-state index contributed by atoms with van der Waals surface area (Å²) in [5.74, 6) is 0.485. The lowest BCUT2D eigenvalue weighted by molar-refractivity contribution is 0.545. The van der Waals surface area contributed by atoms with Crippen molar-refractivity contribution in [3.63, 3.8) is 0 Å². The lowest BCUT2D eigenvalue weighted by Crippen LogP contribution is -2.29. The van der Waals surface area contributed by atoms with Gasteiger partial charge in [-0.05, 0) is 36.9 Å². The molecule has 0 amide bonds. The number of rotatable bonds is 10. The molecule has 0 aliphatic carbocycles. The normalized spacial score (nSPS) is 13.3. The Morgan fingerprint density at radius 2 is 1.71 bits per heavy atom. The second-order valence-electron chi connectivity index (χ2n) is 5.57. The Hall–Kier alpha value is -0.870. The number of nitrogens with one attached hydrogen (secondary N) is 1. The molecule has 0 saturated carbocycles. The summed E-state index contributed by atoms with van der Waals surface area (Å²) in [5.41, 5.74) is 2.35. The van der Waals surface area contributed by atoms with Gasteiger partial charge in [0.05, 0.1) is 11.5 Å². The van der Waals surface area contributed by atoms with Crippen LogP contribution in [0.5, 0.6) is 0 Å². The third-order valence-corrected chi connectivity index (χ3v) is 5.41. The van der Waals surface area contributed by atoms with Gasteiger partial charge in [0.2, 0.25) is 0 Å². The van der Waals surface area contributed by atoms with Crippen molar-refractivity contribution >= 4 is 9.84 Å². The van der Waals surface area contributed by atoms with Crippen molar-refractivity contribution in [1.82, 2.24) is 5.32 Å². The minimum atomic E-state index is -3.00. The SMILES string of the molecule is CCCCS(=O)(=O)CC(NCCC)c1ccc(CC)cc1. The minimum Gasteiger partial charge on any atom is -0.309 e. The van der Waals surface area contributed by atoms with Gasteiger partial charge in [-0.3, -0.25) is 0 Å². The average Bonchev–Trinajstić information content (AvgIpc) is 2.49. The van der Waals surface area contributed by atoms with Crippen LogP contribution in [0.25, 0.3) is 0 Å². The number of unbranched alkanes of at least 4 members (excludes halogenated alkanes) is 1. The second-order valence-corrected chi connectivity index (χ2v) is 7.80. The van der Waals surface area contributed by atoms with Crippen LogP contribution in [0.1, 0.15) is 57.2 Å². The molecule has 0 aliphatic heterocycles. The molecule has 0 heterocycles. The van der Waals surface area contributed by atoms with Crippen LogP contribution in [0.2, 0.25) is 0 Å². The zero-order chi connectivity index (χ0) is 15.7. The zero-order valence-electron chi connectivity index (χ0n) is 13.6. The molecule has 0 bridgehead atoms. The summed E-state index contributed by atoms with van der Waals surface area (Å²) in [6.07, 6.45) is 3.66. The highest BCUT2D eigenvalue weighted by Crippen LogP contribution is 2.17. The second kappa shape index (κ2) is 9.21. The first-order valence-corrected chi connectivity index (χ1v) is 9.87. The monoisotopic (exact) mass is 311 g/mol. The highest BCUT2D eigenvalue weighted by Gasteiger charge is 2.19. The first kappa shape index (κ1) is 18.2. The zero-order valence-corrected chi connectivity index (χ0v) is 14.4. The molecule has 0 fully saturated rings. The maximum Gasteiger partial charge on any atom is 0.152 e. The first-order chi connectivity index (χ1) is 10.0. The van der Waals surface area contributed by atoms with Gasteiger partial charge in [-0.25, -0.2) is 8.42 Å². The van der Waals surface area contributed by atoms with Gasteiger partial charge in [0.15, 0.2) is 9.84 Å². The smallest absolute Gasteiger partial charge is 0.152 e. The van der Waals surface area contributed by atoms with E-state index in [1.807, 2.05) is 6.92 Å². The van der Waals surface area contributed by atoms with Crippen LogP contribution in [0, 0.1) is 0 Å². The number of hydrogen-bond acceptors (Lipinski definition) is 3. The van der Waals surface area contributed by atoms with E-state index >= 15 is 0 Å². The van der Waals surface area contributed by atoms with Gasteiger partial charge < -0.3 is 5.32 Å². The Labute approximate surface area is 130 Å². The molecule has 3 nitrogen and oxygen atoms in total. The Kier molecular flexibility index (Phi) is 7.97. The van der Waals surface area contributed by atoms with Crippen LogP contribution in [-0.2, 0) is 16.3 Å². The molecule has 1 aromatic carbocycles. The molecule has 0 aliphatic rings. The van der Waals surface area contributed by atoms with Gasteiger partial charge in [-0.2, -0.15) is 0 Å². The summed E-state index contributed by atoms with van der Waals surface area (Å²) in [5, 5.41) is 3.38. The van der Waals surface area contributed by atoms with Crippen molar-refractivity contribution in [2.24, 2.45) is 0 Å². The van der Waals surface area contributed by atoms with Gasteiger partial charge >= 0.3 is 0 Å². The van der Waals surface area contributed by atoms with E-state index in [0.717, 1.165) is 37.8 Å². The molecule has 1 aromatic rings. The number of benzene rings is 1. The van der Waals surface area contributed by atoms with E-state index < -0.39 is 9.84 Å².